The number of anilines is 1. The van der Waals surface area contributed by atoms with Crippen LogP contribution in [-0.4, -0.2) is 11.0 Å². The van der Waals surface area contributed by atoms with E-state index in [-0.39, 0.29) is 0 Å². The minimum atomic E-state index is 0.469. The minimum Gasteiger partial charge on any atom is -0.366 e. The monoisotopic (exact) mass is 210 g/mol. The van der Waals surface area contributed by atoms with Gasteiger partial charge in [-0.15, -0.1) is 6.58 Å². The molecule has 2 aromatic rings. The van der Waals surface area contributed by atoms with Crippen LogP contribution in [0.15, 0.2) is 43.0 Å². The van der Waals surface area contributed by atoms with Crippen LogP contribution in [-0.2, 0) is 6.42 Å². The lowest BCUT2D eigenvalue weighted by Crippen LogP contribution is -2.13. The highest BCUT2D eigenvalue weighted by Crippen LogP contribution is 2.28. The molecule has 1 aliphatic heterocycles. The topological polar surface area (TPSA) is 24.9 Å². The highest BCUT2D eigenvalue weighted by Gasteiger charge is 2.20. The third-order valence-corrected chi connectivity index (χ3v) is 3.06. The van der Waals surface area contributed by atoms with Gasteiger partial charge in [0.15, 0.2) is 0 Å². The Hall–Kier alpha value is -1.83. The van der Waals surface area contributed by atoms with Crippen molar-refractivity contribution in [1.82, 2.24) is 4.98 Å². The number of nitrogens with one attached hydrogen (secondary N) is 1. The van der Waals surface area contributed by atoms with Crippen molar-refractivity contribution < 1.29 is 0 Å². The molecule has 3 rings (SSSR count). The second-order valence-corrected chi connectivity index (χ2v) is 4.26. The molecule has 1 aromatic heterocycles. The molecule has 2 heterocycles. The first-order valence-corrected chi connectivity index (χ1v) is 5.63. The predicted octanol–water partition coefficient (Wildman–Crippen LogP) is 3.15. The third-order valence-electron chi connectivity index (χ3n) is 3.06. The van der Waals surface area contributed by atoms with Gasteiger partial charge in [0.1, 0.15) is 5.82 Å². The average molecular weight is 210 g/mol. The Bertz CT molecular complexity index is 501. The summed E-state index contributed by atoms with van der Waals surface area (Å²) < 4.78 is 0. The first-order chi connectivity index (χ1) is 7.86. The van der Waals surface area contributed by atoms with E-state index in [0.717, 1.165) is 24.2 Å². The van der Waals surface area contributed by atoms with Gasteiger partial charge in [0.25, 0.3) is 0 Å². The summed E-state index contributed by atoms with van der Waals surface area (Å²) in [6.07, 6.45) is 4.01. The molecule has 1 atom stereocenters. The molecule has 2 nitrogen and oxygen atoms in total. The summed E-state index contributed by atoms with van der Waals surface area (Å²) in [6.45, 7) is 3.78. The number of pyridine rings is 1. The van der Waals surface area contributed by atoms with Gasteiger partial charge >= 0.3 is 0 Å². The van der Waals surface area contributed by atoms with Crippen LogP contribution >= 0.6 is 0 Å². The smallest absolute Gasteiger partial charge is 0.130 e. The van der Waals surface area contributed by atoms with Crippen LogP contribution in [0.2, 0.25) is 0 Å². The molecule has 0 saturated carbocycles. The first kappa shape index (κ1) is 9.40. The van der Waals surface area contributed by atoms with E-state index in [2.05, 4.69) is 41.1 Å². The number of hydrogen-bond donors (Lipinski definition) is 1. The molecule has 0 radical (unpaired) electrons. The molecule has 0 saturated heterocycles. The number of para-hydroxylation sites is 1. The van der Waals surface area contributed by atoms with Crippen molar-refractivity contribution in [3.8, 4) is 0 Å². The molecule has 0 spiro atoms. The molecule has 1 aromatic carbocycles. The molecule has 80 valence electrons. The molecule has 16 heavy (non-hydrogen) atoms. The standard InChI is InChI=1S/C14H14N2/c1-2-5-12-9-11-8-10-6-3-4-7-13(10)16-14(11)15-12/h2-4,6-8,12H,1,5,9H2,(H,15,16)/t12-/m1/s1. The van der Waals surface area contributed by atoms with Gasteiger partial charge in [-0.3, -0.25) is 0 Å². The fourth-order valence-corrected chi connectivity index (χ4v) is 2.29. The number of hydrogen-bond acceptors (Lipinski definition) is 2. The lowest BCUT2D eigenvalue weighted by atomic mass is 10.1. The van der Waals surface area contributed by atoms with Crippen molar-refractivity contribution in [1.29, 1.82) is 0 Å². The summed E-state index contributed by atoms with van der Waals surface area (Å²) in [5.41, 5.74) is 2.39. The van der Waals surface area contributed by atoms with E-state index in [9.17, 15) is 0 Å². The minimum absolute atomic E-state index is 0.469. The van der Waals surface area contributed by atoms with Crippen LogP contribution < -0.4 is 5.32 Å². The van der Waals surface area contributed by atoms with Crippen LogP contribution in [0.4, 0.5) is 5.82 Å². The van der Waals surface area contributed by atoms with Crippen molar-refractivity contribution in [2.45, 2.75) is 18.9 Å². The Morgan fingerprint density at radius 3 is 3.19 bits per heavy atom. The molecular weight excluding hydrogens is 196 g/mol. The van der Waals surface area contributed by atoms with Crippen LogP contribution in [0, 0.1) is 0 Å². The zero-order valence-electron chi connectivity index (χ0n) is 9.11. The van der Waals surface area contributed by atoms with Gasteiger partial charge in [0.2, 0.25) is 0 Å². The van der Waals surface area contributed by atoms with Gasteiger partial charge in [-0.25, -0.2) is 4.98 Å². The van der Waals surface area contributed by atoms with E-state index < -0.39 is 0 Å². The molecular formula is C14H14N2. The molecule has 0 unspecified atom stereocenters. The van der Waals surface area contributed by atoms with Crippen molar-refractivity contribution in [2.75, 3.05) is 5.32 Å². The SMILES string of the molecule is C=CC[C@@H]1Cc2cc3ccccc3nc2N1. The summed E-state index contributed by atoms with van der Waals surface area (Å²) in [5, 5.41) is 4.67. The zero-order valence-corrected chi connectivity index (χ0v) is 9.11. The van der Waals surface area contributed by atoms with Gasteiger partial charge in [-0.2, -0.15) is 0 Å². The fourth-order valence-electron chi connectivity index (χ4n) is 2.29. The first-order valence-electron chi connectivity index (χ1n) is 5.63. The summed E-state index contributed by atoms with van der Waals surface area (Å²) in [7, 11) is 0. The second-order valence-electron chi connectivity index (χ2n) is 4.26. The fraction of sp³-hybridized carbons (Fsp3) is 0.214. The Morgan fingerprint density at radius 2 is 2.31 bits per heavy atom. The number of aromatic nitrogens is 1. The Balaban J connectivity index is 2.04. The normalized spacial score (nSPS) is 18.1. The highest BCUT2D eigenvalue weighted by atomic mass is 15.0. The van der Waals surface area contributed by atoms with Crippen molar-refractivity contribution in [3.05, 3.63) is 48.6 Å². The molecule has 2 heteroatoms. The van der Waals surface area contributed by atoms with E-state index in [4.69, 9.17) is 0 Å². The van der Waals surface area contributed by atoms with E-state index in [1.54, 1.807) is 0 Å². The van der Waals surface area contributed by atoms with Gasteiger partial charge in [-0.05, 0) is 30.5 Å². The quantitative estimate of drug-likeness (QED) is 0.770. The van der Waals surface area contributed by atoms with Gasteiger partial charge in [0.05, 0.1) is 5.52 Å². The van der Waals surface area contributed by atoms with Gasteiger partial charge in [-0.1, -0.05) is 24.3 Å². The Morgan fingerprint density at radius 1 is 1.44 bits per heavy atom. The zero-order chi connectivity index (χ0) is 11.0. The largest absolute Gasteiger partial charge is 0.366 e. The van der Waals surface area contributed by atoms with Crippen LogP contribution in [0.1, 0.15) is 12.0 Å². The molecule has 0 bridgehead atoms. The van der Waals surface area contributed by atoms with Crippen molar-refractivity contribution >= 4 is 16.7 Å². The number of rotatable bonds is 2. The molecule has 0 aliphatic carbocycles. The van der Waals surface area contributed by atoms with Crippen LogP contribution in [0.3, 0.4) is 0 Å². The third kappa shape index (κ3) is 1.47. The second kappa shape index (κ2) is 3.63. The molecule has 0 fully saturated rings. The van der Waals surface area contributed by atoms with Gasteiger partial charge < -0.3 is 5.32 Å². The van der Waals surface area contributed by atoms with E-state index in [0.29, 0.717) is 6.04 Å². The Labute approximate surface area is 95.0 Å². The molecule has 1 N–H and O–H groups in total. The van der Waals surface area contributed by atoms with Crippen LogP contribution in [0.5, 0.6) is 0 Å². The maximum absolute atomic E-state index is 4.64. The average Bonchev–Trinajstić information content (AvgIpc) is 2.67. The highest BCUT2D eigenvalue weighted by molar-refractivity contribution is 5.82. The Kier molecular flexibility index (Phi) is 2.13. The van der Waals surface area contributed by atoms with Gasteiger partial charge in [0, 0.05) is 11.4 Å². The van der Waals surface area contributed by atoms with Crippen LogP contribution in [0.25, 0.3) is 10.9 Å². The molecule has 0 amide bonds. The summed E-state index contributed by atoms with van der Waals surface area (Å²) in [4.78, 5) is 4.64. The predicted molar refractivity (Wildman–Crippen MR) is 67.7 cm³/mol. The van der Waals surface area contributed by atoms with E-state index in [1.807, 2.05) is 12.1 Å². The lowest BCUT2D eigenvalue weighted by Gasteiger charge is -2.06. The lowest BCUT2D eigenvalue weighted by molar-refractivity contribution is 0.765. The number of nitrogens with zero attached hydrogens (tertiary/aromatic N) is 1. The summed E-state index contributed by atoms with van der Waals surface area (Å²) in [5.74, 6) is 1.05. The van der Waals surface area contributed by atoms with E-state index >= 15 is 0 Å². The van der Waals surface area contributed by atoms with Crippen molar-refractivity contribution in [3.63, 3.8) is 0 Å². The summed E-state index contributed by atoms with van der Waals surface area (Å²) in [6, 6.07) is 11.0. The number of benzene rings is 1. The maximum Gasteiger partial charge on any atom is 0.130 e. The molecule has 1 aliphatic rings. The van der Waals surface area contributed by atoms with E-state index in [1.165, 1.54) is 10.9 Å². The number of fused-ring (bicyclic) bond motifs is 2. The van der Waals surface area contributed by atoms with Crippen molar-refractivity contribution in [2.24, 2.45) is 0 Å². The summed E-state index contributed by atoms with van der Waals surface area (Å²) >= 11 is 0. The maximum atomic E-state index is 4.64.